The van der Waals surface area contributed by atoms with Crippen LogP contribution in [-0.4, -0.2) is 0 Å². The summed E-state index contributed by atoms with van der Waals surface area (Å²) in [5, 5.41) is 8.85. The lowest BCUT2D eigenvalue weighted by molar-refractivity contribution is -0.137. The van der Waals surface area contributed by atoms with E-state index in [1.165, 1.54) is 18.2 Å². The van der Waals surface area contributed by atoms with Crippen LogP contribution in [0.1, 0.15) is 16.7 Å². The van der Waals surface area contributed by atoms with E-state index in [-0.39, 0.29) is 11.1 Å². The fourth-order valence-electron chi connectivity index (χ4n) is 1.96. The average molecular weight is 273 g/mol. The third-order valence-corrected chi connectivity index (χ3v) is 2.82. The first-order valence-corrected chi connectivity index (χ1v) is 5.86. The topological polar surface area (TPSA) is 23.8 Å². The van der Waals surface area contributed by atoms with Gasteiger partial charge < -0.3 is 0 Å². The Balaban J connectivity index is 2.65. The summed E-state index contributed by atoms with van der Waals surface area (Å²) in [6.45, 7) is 0. The zero-order valence-corrected chi connectivity index (χ0v) is 10.4. The normalized spacial score (nSPS) is 12.0. The Hall–Kier alpha value is -2.54. The van der Waals surface area contributed by atoms with Crippen LogP contribution in [0.15, 0.2) is 60.7 Å². The Labute approximate surface area is 114 Å². The highest BCUT2D eigenvalue weighted by Crippen LogP contribution is 2.36. The molecule has 0 radical (unpaired) electrons. The van der Waals surface area contributed by atoms with Crippen molar-refractivity contribution in [2.75, 3.05) is 0 Å². The second-order valence-electron chi connectivity index (χ2n) is 4.10. The zero-order chi connectivity index (χ0) is 14.6. The van der Waals surface area contributed by atoms with E-state index in [0.29, 0.717) is 5.56 Å². The van der Waals surface area contributed by atoms with Gasteiger partial charge in [-0.2, -0.15) is 18.4 Å². The quantitative estimate of drug-likeness (QED) is 0.730. The van der Waals surface area contributed by atoms with E-state index >= 15 is 0 Å². The van der Waals surface area contributed by atoms with Crippen LogP contribution in [0.25, 0.3) is 5.57 Å². The van der Waals surface area contributed by atoms with Crippen molar-refractivity contribution >= 4 is 5.57 Å². The first-order chi connectivity index (χ1) is 9.54. The predicted molar refractivity (Wildman–Crippen MR) is 70.6 cm³/mol. The molecule has 2 aromatic rings. The van der Waals surface area contributed by atoms with Gasteiger partial charge in [-0.05, 0) is 22.8 Å². The predicted octanol–water partition coefficient (Wildman–Crippen LogP) is 4.66. The Kier molecular flexibility index (Phi) is 3.90. The molecule has 20 heavy (non-hydrogen) atoms. The molecule has 0 spiro atoms. The molecule has 0 aliphatic carbocycles. The third kappa shape index (κ3) is 2.89. The molecule has 0 atom stereocenters. The monoisotopic (exact) mass is 273 g/mol. The van der Waals surface area contributed by atoms with E-state index in [1.807, 2.05) is 6.07 Å². The molecule has 0 unspecified atom stereocenters. The summed E-state index contributed by atoms with van der Waals surface area (Å²) in [5.41, 5.74) is 0.102. The van der Waals surface area contributed by atoms with E-state index < -0.39 is 11.7 Å². The summed E-state index contributed by atoms with van der Waals surface area (Å²) in [5.74, 6) is 0. The van der Waals surface area contributed by atoms with Crippen molar-refractivity contribution in [3.8, 4) is 6.07 Å². The van der Waals surface area contributed by atoms with Crippen LogP contribution in [0.4, 0.5) is 13.2 Å². The molecule has 0 aliphatic heterocycles. The van der Waals surface area contributed by atoms with Gasteiger partial charge in [0, 0.05) is 6.08 Å². The molecule has 0 heterocycles. The van der Waals surface area contributed by atoms with Gasteiger partial charge in [0.1, 0.15) is 0 Å². The second-order valence-corrected chi connectivity index (χ2v) is 4.10. The van der Waals surface area contributed by atoms with Gasteiger partial charge in [0.15, 0.2) is 0 Å². The Morgan fingerprint density at radius 1 is 0.950 bits per heavy atom. The van der Waals surface area contributed by atoms with Gasteiger partial charge in [0.2, 0.25) is 0 Å². The van der Waals surface area contributed by atoms with Crippen molar-refractivity contribution in [2.45, 2.75) is 6.18 Å². The minimum atomic E-state index is -4.46. The number of nitrogens with zero attached hydrogens (tertiary/aromatic N) is 1. The highest BCUT2D eigenvalue weighted by atomic mass is 19.4. The molecule has 2 aromatic carbocycles. The number of benzene rings is 2. The average Bonchev–Trinajstić information content (AvgIpc) is 2.45. The van der Waals surface area contributed by atoms with Crippen molar-refractivity contribution in [1.82, 2.24) is 0 Å². The Bertz CT molecular complexity index is 664. The van der Waals surface area contributed by atoms with Crippen LogP contribution in [-0.2, 0) is 6.18 Å². The summed E-state index contributed by atoms with van der Waals surface area (Å²) in [6.07, 6.45) is -3.32. The lowest BCUT2D eigenvalue weighted by Crippen LogP contribution is -2.09. The first kappa shape index (κ1) is 13.9. The Morgan fingerprint density at radius 2 is 1.55 bits per heavy atom. The molecule has 0 amide bonds. The number of hydrogen-bond acceptors (Lipinski definition) is 1. The van der Waals surface area contributed by atoms with Crippen molar-refractivity contribution in [3.63, 3.8) is 0 Å². The smallest absolute Gasteiger partial charge is 0.193 e. The molecular weight excluding hydrogens is 263 g/mol. The van der Waals surface area contributed by atoms with Crippen LogP contribution < -0.4 is 0 Å². The van der Waals surface area contributed by atoms with Crippen LogP contribution in [0, 0.1) is 11.3 Å². The molecule has 0 saturated heterocycles. The maximum absolute atomic E-state index is 13.1. The summed E-state index contributed by atoms with van der Waals surface area (Å²) in [6, 6.07) is 15.6. The van der Waals surface area contributed by atoms with Crippen LogP contribution in [0.3, 0.4) is 0 Å². The standard InChI is InChI=1S/C16H10F3N/c17-16(18,19)15-9-5-4-8-14(15)13(10-11-20)12-6-2-1-3-7-12/h1-10H/b13-10-. The summed E-state index contributed by atoms with van der Waals surface area (Å²) in [7, 11) is 0. The molecule has 0 saturated carbocycles. The van der Waals surface area contributed by atoms with Gasteiger partial charge in [-0.1, -0.05) is 48.5 Å². The lowest BCUT2D eigenvalue weighted by Gasteiger charge is -2.15. The molecule has 0 aliphatic rings. The molecule has 1 nitrogen and oxygen atoms in total. The summed E-state index contributed by atoms with van der Waals surface area (Å²) >= 11 is 0. The van der Waals surface area contributed by atoms with E-state index in [1.54, 1.807) is 30.3 Å². The van der Waals surface area contributed by atoms with Gasteiger partial charge >= 0.3 is 6.18 Å². The lowest BCUT2D eigenvalue weighted by atomic mass is 9.93. The van der Waals surface area contributed by atoms with Crippen molar-refractivity contribution < 1.29 is 13.2 Å². The molecule has 2 rings (SSSR count). The first-order valence-electron chi connectivity index (χ1n) is 5.86. The SMILES string of the molecule is N#C/C=C(/c1ccccc1)c1ccccc1C(F)(F)F. The molecular formula is C16H10F3N. The maximum Gasteiger partial charge on any atom is 0.417 e. The fourth-order valence-corrected chi connectivity index (χ4v) is 1.96. The number of halogens is 3. The van der Waals surface area contributed by atoms with Crippen molar-refractivity contribution in [1.29, 1.82) is 5.26 Å². The van der Waals surface area contributed by atoms with E-state index in [2.05, 4.69) is 0 Å². The van der Waals surface area contributed by atoms with E-state index in [9.17, 15) is 13.2 Å². The van der Waals surface area contributed by atoms with Crippen LogP contribution in [0.5, 0.6) is 0 Å². The van der Waals surface area contributed by atoms with Gasteiger partial charge in [0.05, 0.1) is 11.6 Å². The molecule has 4 heteroatoms. The molecule has 0 aromatic heterocycles. The number of alkyl halides is 3. The minimum absolute atomic E-state index is 0.00718. The minimum Gasteiger partial charge on any atom is -0.193 e. The van der Waals surface area contributed by atoms with Gasteiger partial charge in [-0.15, -0.1) is 0 Å². The van der Waals surface area contributed by atoms with E-state index in [0.717, 1.165) is 12.1 Å². The number of hydrogen-bond donors (Lipinski definition) is 0. The van der Waals surface area contributed by atoms with Crippen molar-refractivity contribution in [2.24, 2.45) is 0 Å². The highest BCUT2D eigenvalue weighted by Gasteiger charge is 2.33. The molecule has 0 fully saturated rings. The number of rotatable bonds is 2. The van der Waals surface area contributed by atoms with Gasteiger partial charge in [0.25, 0.3) is 0 Å². The number of nitriles is 1. The molecule has 0 N–H and O–H groups in total. The molecule has 100 valence electrons. The van der Waals surface area contributed by atoms with E-state index in [4.69, 9.17) is 5.26 Å². The molecule has 0 bridgehead atoms. The third-order valence-electron chi connectivity index (χ3n) is 2.82. The zero-order valence-electron chi connectivity index (χ0n) is 10.4. The largest absolute Gasteiger partial charge is 0.417 e. The van der Waals surface area contributed by atoms with Crippen molar-refractivity contribution in [3.05, 3.63) is 77.4 Å². The fraction of sp³-hybridized carbons (Fsp3) is 0.0625. The van der Waals surface area contributed by atoms with Crippen LogP contribution >= 0.6 is 0 Å². The summed E-state index contributed by atoms with van der Waals surface area (Å²) < 4.78 is 39.2. The number of allylic oxidation sites excluding steroid dienone is 1. The Morgan fingerprint density at radius 3 is 2.15 bits per heavy atom. The maximum atomic E-state index is 13.1. The summed E-state index contributed by atoms with van der Waals surface area (Å²) in [4.78, 5) is 0. The second kappa shape index (κ2) is 5.62. The van der Waals surface area contributed by atoms with Gasteiger partial charge in [-0.3, -0.25) is 0 Å². The van der Waals surface area contributed by atoms with Gasteiger partial charge in [-0.25, -0.2) is 0 Å². The van der Waals surface area contributed by atoms with Crippen LogP contribution in [0.2, 0.25) is 0 Å². The highest BCUT2D eigenvalue weighted by molar-refractivity contribution is 5.82.